The summed E-state index contributed by atoms with van der Waals surface area (Å²) in [5.74, 6) is 0. The molecule has 146 valence electrons. The van der Waals surface area contributed by atoms with Crippen LogP contribution in [0.5, 0.6) is 0 Å². The smallest absolute Gasteiger partial charge is 0.336 e. The summed E-state index contributed by atoms with van der Waals surface area (Å²) in [7, 11) is -3.73. The van der Waals surface area contributed by atoms with Crippen molar-refractivity contribution in [2.45, 2.75) is 44.7 Å². The molecule has 0 amide bonds. The molecule has 1 aliphatic rings. The van der Waals surface area contributed by atoms with Gasteiger partial charge in [0.1, 0.15) is 5.58 Å². The summed E-state index contributed by atoms with van der Waals surface area (Å²) in [6.45, 7) is 6.56. The van der Waals surface area contributed by atoms with Crippen LogP contribution >= 0.6 is 0 Å². The Morgan fingerprint density at radius 2 is 1.93 bits per heavy atom. The van der Waals surface area contributed by atoms with E-state index in [1.807, 2.05) is 26.0 Å². The SMILES string of the molecule is Cc1ccc2c(CN3c4ccc(S(N)(=O)=O)cc4C[C@@H]3C)cc(=O)oc2c1C. The minimum absolute atomic E-state index is 0.122. The van der Waals surface area contributed by atoms with Gasteiger partial charge in [0.25, 0.3) is 0 Å². The third-order valence-corrected chi connectivity index (χ3v) is 6.51. The summed E-state index contributed by atoms with van der Waals surface area (Å²) in [5, 5.41) is 6.18. The van der Waals surface area contributed by atoms with E-state index in [4.69, 9.17) is 9.56 Å². The lowest BCUT2D eigenvalue weighted by molar-refractivity contribution is 0.555. The van der Waals surface area contributed by atoms with E-state index in [1.54, 1.807) is 18.2 Å². The van der Waals surface area contributed by atoms with Gasteiger partial charge in [-0.3, -0.25) is 0 Å². The molecule has 0 unspecified atom stereocenters. The minimum Gasteiger partial charge on any atom is -0.422 e. The quantitative estimate of drug-likeness (QED) is 0.685. The first kappa shape index (κ1) is 18.7. The zero-order valence-electron chi connectivity index (χ0n) is 16.0. The number of hydrogen-bond acceptors (Lipinski definition) is 5. The molecule has 4 rings (SSSR count). The van der Waals surface area contributed by atoms with Crippen LogP contribution in [0.4, 0.5) is 5.69 Å². The molecule has 1 aromatic heterocycles. The zero-order valence-corrected chi connectivity index (χ0v) is 16.8. The summed E-state index contributed by atoms with van der Waals surface area (Å²) in [4.78, 5) is 14.5. The van der Waals surface area contributed by atoms with E-state index >= 15 is 0 Å². The van der Waals surface area contributed by atoms with Crippen LogP contribution in [-0.4, -0.2) is 14.5 Å². The molecule has 0 saturated heterocycles. The maximum absolute atomic E-state index is 12.2. The molecule has 0 spiro atoms. The predicted molar refractivity (Wildman–Crippen MR) is 109 cm³/mol. The number of hydrogen-bond donors (Lipinski definition) is 1. The molecule has 0 fully saturated rings. The van der Waals surface area contributed by atoms with Crippen molar-refractivity contribution < 1.29 is 12.8 Å². The van der Waals surface area contributed by atoms with Crippen molar-refractivity contribution in [3.8, 4) is 0 Å². The first-order valence-corrected chi connectivity index (χ1v) is 10.6. The Morgan fingerprint density at radius 3 is 2.64 bits per heavy atom. The van der Waals surface area contributed by atoms with E-state index in [1.165, 1.54) is 6.07 Å². The lowest BCUT2D eigenvalue weighted by Gasteiger charge is -2.25. The molecule has 0 saturated carbocycles. The fraction of sp³-hybridized carbons (Fsp3) is 0.286. The maximum Gasteiger partial charge on any atom is 0.336 e. The van der Waals surface area contributed by atoms with Gasteiger partial charge < -0.3 is 9.32 Å². The first-order valence-electron chi connectivity index (χ1n) is 9.10. The highest BCUT2D eigenvalue weighted by molar-refractivity contribution is 7.89. The molecule has 28 heavy (non-hydrogen) atoms. The summed E-state index contributed by atoms with van der Waals surface area (Å²) in [6.07, 6.45) is 0.718. The molecule has 0 bridgehead atoms. The van der Waals surface area contributed by atoms with Crippen molar-refractivity contribution in [2.24, 2.45) is 5.14 Å². The lowest BCUT2D eigenvalue weighted by Crippen LogP contribution is -2.29. The number of anilines is 1. The molecule has 2 heterocycles. The minimum atomic E-state index is -3.73. The van der Waals surface area contributed by atoms with Gasteiger partial charge in [-0.2, -0.15) is 0 Å². The van der Waals surface area contributed by atoms with E-state index in [0.29, 0.717) is 12.1 Å². The molecular formula is C21H22N2O4S. The molecule has 0 aliphatic carbocycles. The van der Waals surface area contributed by atoms with E-state index in [2.05, 4.69) is 11.8 Å². The topological polar surface area (TPSA) is 93.6 Å². The molecule has 1 atom stereocenters. The van der Waals surface area contributed by atoms with Gasteiger partial charge in [-0.1, -0.05) is 12.1 Å². The Bertz CT molecular complexity index is 1260. The Kier molecular flexibility index (Phi) is 4.32. The van der Waals surface area contributed by atoms with Crippen LogP contribution in [0, 0.1) is 13.8 Å². The molecular weight excluding hydrogens is 376 g/mol. The normalized spacial score (nSPS) is 16.6. The second kappa shape index (κ2) is 6.46. The Morgan fingerprint density at radius 1 is 1.18 bits per heavy atom. The van der Waals surface area contributed by atoms with E-state index < -0.39 is 10.0 Å². The van der Waals surface area contributed by atoms with Gasteiger partial charge in [-0.25, -0.2) is 18.4 Å². The van der Waals surface area contributed by atoms with Crippen LogP contribution in [-0.2, 0) is 23.0 Å². The summed E-state index contributed by atoms with van der Waals surface area (Å²) in [5.41, 5.74) is 5.09. The number of aryl methyl sites for hydroxylation is 2. The van der Waals surface area contributed by atoms with Gasteiger partial charge >= 0.3 is 5.63 Å². The Labute approximate surface area is 163 Å². The van der Waals surface area contributed by atoms with Crippen molar-refractivity contribution in [1.29, 1.82) is 0 Å². The van der Waals surface area contributed by atoms with Crippen molar-refractivity contribution in [2.75, 3.05) is 4.90 Å². The average molecular weight is 398 g/mol. The van der Waals surface area contributed by atoms with Crippen molar-refractivity contribution >= 4 is 26.7 Å². The van der Waals surface area contributed by atoms with Crippen LogP contribution in [0.3, 0.4) is 0 Å². The number of nitrogens with zero attached hydrogens (tertiary/aromatic N) is 1. The van der Waals surface area contributed by atoms with Crippen LogP contribution in [0.2, 0.25) is 0 Å². The van der Waals surface area contributed by atoms with Gasteiger partial charge in [-0.15, -0.1) is 0 Å². The number of fused-ring (bicyclic) bond motifs is 2. The molecule has 1 aliphatic heterocycles. The summed E-state index contributed by atoms with van der Waals surface area (Å²) < 4.78 is 28.8. The maximum atomic E-state index is 12.2. The third kappa shape index (κ3) is 3.10. The molecule has 0 radical (unpaired) electrons. The number of rotatable bonds is 3. The number of nitrogens with two attached hydrogens (primary N) is 1. The Hall–Kier alpha value is -2.64. The largest absolute Gasteiger partial charge is 0.422 e. The van der Waals surface area contributed by atoms with Gasteiger partial charge in [0.15, 0.2) is 0 Å². The van der Waals surface area contributed by atoms with Gasteiger partial charge in [0, 0.05) is 29.7 Å². The Balaban J connectivity index is 1.79. The van der Waals surface area contributed by atoms with Crippen LogP contribution in [0.1, 0.15) is 29.2 Å². The second-order valence-corrected chi connectivity index (χ2v) is 9.05. The summed E-state index contributed by atoms with van der Waals surface area (Å²) in [6, 6.07) is 10.7. The van der Waals surface area contributed by atoms with E-state index in [9.17, 15) is 13.2 Å². The third-order valence-electron chi connectivity index (χ3n) is 5.59. The lowest BCUT2D eigenvalue weighted by atomic mass is 10.0. The van der Waals surface area contributed by atoms with Crippen molar-refractivity contribution in [1.82, 2.24) is 0 Å². The van der Waals surface area contributed by atoms with Crippen molar-refractivity contribution in [3.05, 3.63) is 69.1 Å². The van der Waals surface area contributed by atoms with Crippen LogP contribution in [0.15, 0.2) is 50.5 Å². The highest BCUT2D eigenvalue weighted by Gasteiger charge is 2.28. The zero-order chi connectivity index (χ0) is 20.2. The van der Waals surface area contributed by atoms with Gasteiger partial charge in [-0.05, 0) is 67.6 Å². The van der Waals surface area contributed by atoms with Crippen LogP contribution in [0.25, 0.3) is 11.0 Å². The first-order chi connectivity index (χ1) is 13.1. The second-order valence-electron chi connectivity index (χ2n) is 7.49. The predicted octanol–water partition coefficient (Wildman–Crippen LogP) is 3.01. The van der Waals surface area contributed by atoms with E-state index in [-0.39, 0.29) is 16.6 Å². The number of sulfonamides is 1. The monoisotopic (exact) mass is 398 g/mol. The highest BCUT2D eigenvalue weighted by Crippen LogP contribution is 2.35. The average Bonchev–Trinajstić information content (AvgIpc) is 2.92. The molecule has 3 aromatic rings. The van der Waals surface area contributed by atoms with Crippen molar-refractivity contribution in [3.63, 3.8) is 0 Å². The molecule has 2 N–H and O–H groups in total. The molecule has 6 nitrogen and oxygen atoms in total. The van der Waals surface area contributed by atoms with Gasteiger partial charge in [0.05, 0.1) is 4.90 Å². The van der Waals surface area contributed by atoms with Crippen LogP contribution < -0.4 is 15.7 Å². The fourth-order valence-electron chi connectivity index (χ4n) is 3.93. The van der Waals surface area contributed by atoms with E-state index in [0.717, 1.165) is 39.7 Å². The highest BCUT2D eigenvalue weighted by atomic mass is 32.2. The standard InChI is InChI=1S/C21H22N2O4S/c1-12-4-6-18-16(10-20(24)27-21(18)14(12)3)11-23-13(2)8-15-9-17(28(22,25)26)5-7-19(15)23/h4-7,9-10,13H,8,11H2,1-3H3,(H2,22,25,26)/t13-/m0/s1. The fourth-order valence-corrected chi connectivity index (χ4v) is 4.49. The molecule has 2 aromatic carbocycles. The van der Waals surface area contributed by atoms with Gasteiger partial charge in [0.2, 0.25) is 10.0 Å². The molecule has 7 heteroatoms. The number of benzene rings is 2. The number of primary sulfonamides is 1. The summed E-state index contributed by atoms with van der Waals surface area (Å²) >= 11 is 0.